The lowest BCUT2D eigenvalue weighted by Crippen LogP contribution is -2.30. The van der Waals surface area contributed by atoms with Crippen molar-refractivity contribution >= 4 is 17.2 Å². The maximum atomic E-state index is 11.8. The van der Waals surface area contributed by atoms with Crippen LogP contribution in [0.5, 0.6) is 0 Å². The molecule has 0 aliphatic carbocycles. The van der Waals surface area contributed by atoms with E-state index in [1.165, 1.54) is 24.2 Å². The summed E-state index contributed by atoms with van der Waals surface area (Å²) in [5.74, 6) is 0.0745. The molecule has 1 atom stereocenters. The van der Waals surface area contributed by atoms with Gasteiger partial charge in [0, 0.05) is 12.6 Å². The molecule has 2 heterocycles. The Morgan fingerprint density at radius 3 is 3.19 bits per heavy atom. The number of amides is 1. The molecule has 1 aromatic heterocycles. The topological polar surface area (TPSA) is 41.1 Å². The number of aryl methyl sites for hydroxylation is 1. The average Bonchev–Trinajstić information content (AvgIpc) is 2.88. The third-order valence-corrected chi connectivity index (χ3v) is 4.02. The van der Waals surface area contributed by atoms with E-state index in [0.717, 1.165) is 30.0 Å². The van der Waals surface area contributed by atoms with Crippen LogP contribution in [0.25, 0.3) is 0 Å². The lowest BCUT2D eigenvalue weighted by atomic mass is 10.1. The van der Waals surface area contributed by atoms with Crippen LogP contribution in [0.4, 0.5) is 0 Å². The summed E-state index contributed by atoms with van der Waals surface area (Å²) >= 11 is 1.51. The van der Waals surface area contributed by atoms with Crippen LogP contribution in [0.2, 0.25) is 0 Å². The van der Waals surface area contributed by atoms with Crippen LogP contribution < -0.4 is 10.6 Å². The van der Waals surface area contributed by atoms with E-state index in [0.29, 0.717) is 6.04 Å². The Balaban J connectivity index is 1.73. The summed E-state index contributed by atoms with van der Waals surface area (Å²) in [7, 11) is 0. The monoisotopic (exact) mass is 238 g/mol. The number of rotatable bonds is 4. The highest BCUT2D eigenvalue weighted by atomic mass is 32.1. The van der Waals surface area contributed by atoms with Gasteiger partial charge < -0.3 is 10.6 Å². The molecular formula is C12H18N2OS. The quantitative estimate of drug-likeness (QED) is 0.841. The molecule has 0 spiro atoms. The fourth-order valence-corrected chi connectivity index (χ4v) is 2.89. The molecule has 88 valence electrons. The number of nitrogens with one attached hydrogen (secondary N) is 2. The summed E-state index contributed by atoms with van der Waals surface area (Å²) < 4.78 is 0. The fraction of sp³-hybridized carbons (Fsp3) is 0.583. The molecule has 1 aliphatic rings. The Morgan fingerprint density at radius 1 is 1.69 bits per heavy atom. The lowest BCUT2D eigenvalue weighted by molar-refractivity contribution is 0.0956. The summed E-state index contributed by atoms with van der Waals surface area (Å²) in [4.78, 5) is 12.6. The molecular weight excluding hydrogens is 220 g/mol. The summed E-state index contributed by atoms with van der Waals surface area (Å²) in [6, 6.07) is 2.59. The van der Waals surface area contributed by atoms with Crippen LogP contribution >= 0.6 is 11.3 Å². The maximum absolute atomic E-state index is 11.8. The second-order valence-corrected chi connectivity index (χ2v) is 5.19. The van der Waals surface area contributed by atoms with Crippen molar-refractivity contribution in [1.29, 1.82) is 0 Å². The van der Waals surface area contributed by atoms with Crippen LogP contribution in [-0.2, 0) is 0 Å². The molecule has 4 heteroatoms. The lowest BCUT2D eigenvalue weighted by Gasteiger charge is -2.10. The first kappa shape index (κ1) is 11.6. The van der Waals surface area contributed by atoms with E-state index in [1.54, 1.807) is 0 Å². The van der Waals surface area contributed by atoms with Crippen LogP contribution in [0.15, 0.2) is 11.4 Å². The smallest absolute Gasteiger partial charge is 0.261 e. The first-order valence-electron chi connectivity index (χ1n) is 5.83. The van der Waals surface area contributed by atoms with Gasteiger partial charge in [-0.3, -0.25) is 4.79 Å². The fourth-order valence-electron chi connectivity index (χ4n) is 2.05. The van der Waals surface area contributed by atoms with Crippen LogP contribution in [0.1, 0.15) is 34.5 Å². The number of carbonyl (C=O) groups excluding carboxylic acids is 1. The van der Waals surface area contributed by atoms with E-state index in [-0.39, 0.29) is 5.91 Å². The second kappa shape index (κ2) is 5.46. The van der Waals surface area contributed by atoms with E-state index < -0.39 is 0 Å². The van der Waals surface area contributed by atoms with Crippen molar-refractivity contribution in [3.63, 3.8) is 0 Å². The Bertz CT molecular complexity index is 356. The zero-order valence-electron chi connectivity index (χ0n) is 9.58. The number of carbonyl (C=O) groups is 1. The molecule has 1 saturated heterocycles. The SMILES string of the molecule is Cc1ccsc1C(=O)NCCC1CCCN1. The molecule has 0 radical (unpaired) electrons. The van der Waals surface area contributed by atoms with Gasteiger partial charge in [-0.1, -0.05) is 0 Å². The number of hydrogen-bond donors (Lipinski definition) is 2. The molecule has 1 amide bonds. The molecule has 1 aliphatic heterocycles. The second-order valence-electron chi connectivity index (χ2n) is 4.27. The highest BCUT2D eigenvalue weighted by Gasteiger charge is 2.14. The van der Waals surface area contributed by atoms with Crippen molar-refractivity contribution < 1.29 is 4.79 Å². The van der Waals surface area contributed by atoms with Crippen molar-refractivity contribution in [2.75, 3.05) is 13.1 Å². The normalized spacial score (nSPS) is 19.9. The summed E-state index contributed by atoms with van der Waals surface area (Å²) in [5.41, 5.74) is 1.07. The van der Waals surface area contributed by atoms with Gasteiger partial charge in [-0.15, -0.1) is 11.3 Å². The minimum atomic E-state index is 0.0745. The Hall–Kier alpha value is -0.870. The van der Waals surface area contributed by atoms with Crippen LogP contribution in [0, 0.1) is 6.92 Å². The van der Waals surface area contributed by atoms with Crippen molar-refractivity contribution in [2.45, 2.75) is 32.2 Å². The molecule has 0 aromatic carbocycles. The van der Waals surface area contributed by atoms with Gasteiger partial charge in [0.2, 0.25) is 0 Å². The molecule has 2 rings (SSSR count). The molecule has 0 bridgehead atoms. The number of hydrogen-bond acceptors (Lipinski definition) is 3. The van der Waals surface area contributed by atoms with Crippen molar-refractivity contribution in [3.05, 3.63) is 21.9 Å². The molecule has 1 aromatic rings. The predicted molar refractivity (Wildman–Crippen MR) is 67.0 cm³/mol. The van der Waals surface area contributed by atoms with Crippen molar-refractivity contribution in [1.82, 2.24) is 10.6 Å². The summed E-state index contributed by atoms with van der Waals surface area (Å²) in [6.07, 6.45) is 3.55. The average molecular weight is 238 g/mol. The van der Waals surface area contributed by atoms with E-state index in [9.17, 15) is 4.79 Å². The van der Waals surface area contributed by atoms with Crippen LogP contribution in [-0.4, -0.2) is 25.0 Å². The molecule has 3 nitrogen and oxygen atoms in total. The molecule has 16 heavy (non-hydrogen) atoms. The molecule has 2 N–H and O–H groups in total. The molecule has 1 unspecified atom stereocenters. The van der Waals surface area contributed by atoms with Gasteiger partial charge in [0.15, 0.2) is 0 Å². The van der Waals surface area contributed by atoms with Gasteiger partial charge in [0.25, 0.3) is 5.91 Å². The van der Waals surface area contributed by atoms with E-state index in [1.807, 2.05) is 18.4 Å². The van der Waals surface area contributed by atoms with E-state index in [4.69, 9.17) is 0 Å². The minimum absolute atomic E-state index is 0.0745. The Morgan fingerprint density at radius 2 is 2.56 bits per heavy atom. The van der Waals surface area contributed by atoms with Gasteiger partial charge in [-0.2, -0.15) is 0 Å². The minimum Gasteiger partial charge on any atom is -0.351 e. The Labute approximate surface area is 100 Å². The largest absolute Gasteiger partial charge is 0.351 e. The van der Waals surface area contributed by atoms with E-state index >= 15 is 0 Å². The van der Waals surface area contributed by atoms with Gasteiger partial charge >= 0.3 is 0 Å². The molecule has 0 saturated carbocycles. The maximum Gasteiger partial charge on any atom is 0.261 e. The summed E-state index contributed by atoms with van der Waals surface area (Å²) in [5, 5.41) is 8.37. The van der Waals surface area contributed by atoms with Gasteiger partial charge in [0.05, 0.1) is 4.88 Å². The predicted octanol–water partition coefficient (Wildman–Crippen LogP) is 1.93. The zero-order valence-corrected chi connectivity index (χ0v) is 10.4. The van der Waals surface area contributed by atoms with Gasteiger partial charge in [0.1, 0.15) is 0 Å². The third kappa shape index (κ3) is 2.83. The highest BCUT2D eigenvalue weighted by molar-refractivity contribution is 7.12. The van der Waals surface area contributed by atoms with Crippen molar-refractivity contribution in [3.8, 4) is 0 Å². The third-order valence-electron chi connectivity index (χ3n) is 3.01. The first-order valence-corrected chi connectivity index (χ1v) is 6.71. The molecule has 1 fully saturated rings. The van der Waals surface area contributed by atoms with Crippen molar-refractivity contribution in [2.24, 2.45) is 0 Å². The van der Waals surface area contributed by atoms with Gasteiger partial charge in [-0.25, -0.2) is 0 Å². The summed E-state index contributed by atoms with van der Waals surface area (Å²) in [6.45, 7) is 3.88. The van der Waals surface area contributed by atoms with Crippen LogP contribution in [0.3, 0.4) is 0 Å². The van der Waals surface area contributed by atoms with E-state index in [2.05, 4.69) is 10.6 Å². The highest BCUT2D eigenvalue weighted by Crippen LogP contribution is 2.15. The zero-order chi connectivity index (χ0) is 11.4. The number of thiophene rings is 1. The van der Waals surface area contributed by atoms with Gasteiger partial charge in [-0.05, 0) is 49.7 Å². The first-order chi connectivity index (χ1) is 7.77. The Kier molecular flexibility index (Phi) is 3.96. The standard InChI is InChI=1S/C12H18N2OS/c1-9-5-8-16-11(9)12(15)14-7-4-10-3-2-6-13-10/h5,8,10,13H,2-4,6-7H2,1H3,(H,14,15).